The normalized spacial score (nSPS) is 18.0. The SMILES string of the molecule is CC(=O)c1ccc(Cl)c(N2CC(CN=[N+]=[N-])CC2=O)c1. The van der Waals surface area contributed by atoms with Crippen LogP contribution in [0.4, 0.5) is 5.69 Å². The van der Waals surface area contributed by atoms with Crippen molar-refractivity contribution in [3.05, 3.63) is 39.2 Å². The molecule has 1 aliphatic heterocycles. The van der Waals surface area contributed by atoms with Gasteiger partial charge in [-0.15, -0.1) is 0 Å². The topological polar surface area (TPSA) is 86.1 Å². The predicted octanol–water partition coefficient (Wildman–Crippen LogP) is 3.21. The van der Waals surface area contributed by atoms with Crippen LogP contribution in [0.3, 0.4) is 0 Å². The number of benzene rings is 1. The van der Waals surface area contributed by atoms with Gasteiger partial charge in [-0.2, -0.15) is 0 Å². The largest absolute Gasteiger partial charge is 0.311 e. The van der Waals surface area contributed by atoms with Crippen molar-refractivity contribution >= 4 is 29.0 Å². The lowest BCUT2D eigenvalue weighted by Crippen LogP contribution is -2.25. The number of hydrogen-bond acceptors (Lipinski definition) is 3. The molecule has 7 heteroatoms. The molecule has 1 unspecified atom stereocenters. The molecule has 6 nitrogen and oxygen atoms in total. The van der Waals surface area contributed by atoms with Crippen molar-refractivity contribution < 1.29 is 9.59 Å². The number of rotatable bonds is 4. The first-order valence-corrected chi connectivity index (χ1v) is 6.52. The van der Waals surface area contributed by atoms with Crippen molar-refractivity contribution in [3.63, 3.8) is 0 Å². The minimum Gasteiger partial charge on any atom is -0.311 e. The highest BCUT2D eigenvalue weighted by Gasteiger charge is 2.31. The van der Waals surface area contributed by atoms with Gasteiger partial charge in [0.05, 0.1) is 10.7 Å². The van der Waals surface area contributed by atoms with E-state index in [0.29, 0.717) is 29.2 Å². The van der Waals surface area contributed by atoms with Crippen molar-refractivity contribution in [2.24, 2.45) is 11.0 Å². The van der Waals surface area contributed by atoms with E-state index in [2.05, 4.69) is 10.0 Å². The molecule has 1 aromatic carbocycles. The van der Waals surface area contributed by atoms with Gasteiger partial charge >= 0.3 is 0 Å². The van der Waals surface area contributed by atoms with Crippen LogP contribution in [0.25, 0.3) is 10.4 Å². The average Bonchev–Trinajstić information content (AvgIpc) is 2.77. The fourth-order valence-electron chi connectivity index (χ4n) is 2.23. The highest BCUT2D eigenvalue weighted by atomic mass is 35.5. The minimum atomic E-state index is -0.0832. The van der Waals surface area contributed by atoms with E-state index in [-0.39, 0.29) is 24.2 Å². The molecule has 1 fully saturated rings. The monoisotopic (exact) mass is 292 g/mol. The fourth-order valence-corrected chi connectivity index (χ4v) is 2.45. The van der Waals surface area contributed by atoms with E-state index >= 15 is 0 Å². The maximum atomic E-state index is 12.0. The zero-order valence-electron chi connectivity index (χ0n) is 10.9. The van der Waals surface area contributed by atoms with Crippen LogP contribution in [-0.2, 0) is 4.79 Å². The van der Waals surface area contributed by atoms with Gasteiger partial charge in [-0.1, -0.05) is 16.7 Å². The first-order chi connectivity index (χ1) is 9.52. The summed E-state index contributed by atoms with van der Waals surface area (Å²) in [7, 11) is 0. The molecule has 0 saturated carbocycles. The van der Waals surface area contributed by atoms with Crippen LogP contribution < -0.4 is 4.90 Å². The minimum absolute atomic E-state index is 0.0181. The molecule has 0 radical (unpaired) electrons. The molecule has 0 N–H and O–H groups in total. The fraction of sp³-hybridized carbons (Fsp3) is 0.385. The number of halogens is 1. The molecule has 0 aliphatic carbocycles. The molecule has 2 rings (SSSR count). The quantitative estimate of drug-likeness (QED) is 0.369. The third kappa shape index (κ3) is 2.92. The van der Waals surface area contributed by atoms with Gasteiger partial charge in [-0.05, 0) is 36.6 Å². The zero-order chi connectivity index (χ0) is 14.7. The van der Waals surface area contributed by atoms with Gasteiger partial charge in [-0.3, -0.25) is 9.59 Å². The van der Waals surface area contributed by atoms with Crippen molar-refractivity contribution in [2.75, 3.05) is 18.0 Å². The summed E-state index contributed by atoms with van der Waals surface area (Å²) in [4.78, 5) is 27.7. The summed E-state index contributed by atoms with van der Waals surface area (Å²) >= 11 is 6.11. The summed E-state index contributed by atoms with van der Waals surface area (Å²) in [6.45, 7) is 2.19. The van der Waals surface area contributed by atoms with Gasteiger partial charge in [0.25, 0.3) is 0 Å². The van der Waals surface area contributed by atoms with E-state index in [0.717, 1.165) is 0 Å². The van der Waals surface area contributed by atoms with Gasteiger partial charge in [0.2, 0.25) is 5.91 Å². The Morgan fingerprint density at radius 2 is 2.35 bits per heavy atom. The number of carbonyl (C=O) groups is 2. The van der Waals surface area contributed by atoms with Crippen molar-refractivity contribution in [3.8, 4) is 0 Å². The van der Waals surface area contributed by atoms with Gasteiger partial charge in [0.1, 0.15) is 0 Å². The lowest BCUT2D eigenvalue weighted by Gasteiger charge is -2.18. The van der Waals surface area contributed by atoms with Crippen LogP contribution in [0, 0.1) is 5.92 Å². The Morgan fingerprint density at radius 3 is 3.00 bits per heavy atom. The highest BCUT2D eigenvalue weighted by Crippen LogP contribution is 2.32. The maximum Gasteiger partial charge on any atom is 0.227 e. The number of azide groups is 1. The van der Waals surface area contributed by atoms with Crippen LogP contribution in [0.2, 0.25) is 5.02 Å². The number of nitrogens with zero attached hydrogens (tertiary/aromatic N) is 4. The molecule has 104 valence electrons. The molecule has 0 aromatic heterocycles. The van der Waals surface area contributed by atoms with E-state index in [9.17, 15) is 9.59 Å². The summed E-state index contributed by atoms with van der Waals surface area (Å²) in [5, 5.41) is 3.92. The van der Waals surface area contributed by atoms with E-state index in [1.165, 1.54) is 6.92 Å². The lowest BCUT2D eigenvalue weighted by atomic mass is 10.1. The predicted molar refractivity (Wildman–Crippen MR) is 75.9 cm³/mol. The summed E-state index contributed by atoms with van der Waals surface area (Å²) in [5.74, 6) is -0.179. The zero-order valence-corrected chi connectivity index (χ0v) is 11.7. The van der Waals surface area contributed by atoms with Crippen LogP contribution in [0.1, 0.15) is 23.7 Å². The third-order valence-electron chi connectivity index (χ3n) is 3.25. The van der Waals surface area contributed by atoms with E-state index in [4.69, 9.17) is 17.1 Å². The molecule has 1 saturated heterocycles. The smallest absolute Gasteiger partial charge is 0.227 e. The van der Waals surface area contributed by atoms with Gasteiger partial charge in [0.15, 0.2) is 5.78 Å². The number of anilines is 1. The first-order valence-electron chi connectivity index (χ1n) is 6.14. The molecule has 0 bridgehead atoms. The number of ketones is 1. The Morgan fingerprint density at radius 1 is 1.60 bits per heavy atom. The summed E-state index contributed by atoms with van der Waals surface area (Å²) in [6, 6.07) is 4.87. The van der Waals surface area contributed by atoms with E-state index in [1.807, 2.05) is 0 Å². The van der Waals surface area contributed by atoms with E-state index in [1.54, 1.807) is 23.1 Å². The highest BCUT2D eigenvalue weighted by molar-refractivity contribution is 6.34. The van der Waals surface area contributed by atoms with Crippen molar-refractivity contribution in [1.29, 1.82) is 0 Å². The second kappa shape index (κ2) is 5.94. The van der Waals surface area contributed by atoms with Crippen LogP contribution in [0.5, 0.6) is 0 Å². The van der Waals surface area contributed by atoms with E-state index < -0.39 is 0 Å². The molecule has 1 aliphatic rings. The Balaban J connectivity index is 2.27. The van der Waals surface area contributed by atoms with Gasteiger partial charge in [-0.25, -0.2) is 0 Å². The molecule has 1 atom stereocenters. The standard InChI is InChI=1S/C13H13ClN4O2/c1-8(19)10-2-3-11(14)12(5-10)18-7-9(4-13(18)20)6-16-17-15/h2-3,5,9H,4,6-7H2,1H3. The molecular formula is C13H13ClN4O2. The van der Waals surface area contributed by atoms with Crippen LogP contribution in [-0.4, -0.2) is 24.8 Å². The number of hydrogen-bond donors (Lipinski definition) is 0. The molecule has 1 aromatic rings. The Hall–Kier alpha value is -2.04. The Kier molecular flexibility index (Phi) is 4.27. The molecule has 1 heterocycles. The molecular weight excluding hydrogens is 280 g/mol. The summed E-state index contributed by atoms with van der Waals surface area (Å²) in [6.07, 6.45) is 0.319. The average molecular weight is 293 g/mol. The number of Topliss-reactive ketones (excluding diaryl/α,β-unsaturated/α-hetero) is 1. The van der Waals surface area contributed by atoms with Crippen LogP contribution >= 0.6 is 11.6 Å². The second-order valence-corrected chi connectivity index (χ2v) is 5.12. The van der Waals surface area contributed by atoms with Crippen molar-refractivity contribution in [1.82, 2.24) is 0 Å². The molecule has 20 heavy (non-hydrogen) atoms. The molecule has 0 spiro atoms. The second-order valence-electron chi connectivity index (χ2n) is 4.71. The number of carbonyl (C=O) groups excluding carboxylic acids is 2. The lowest BCUT2D eigenvalue weighted by molar-refractivity contribution is -0.117. The Bertz CT molecular complexity index is 610. The van der Waals surface area contributed by atoms with Gasteiger partial charge in [0, 0.05) is 30.0 Å². The van der Waals surface area contributed by atoms with Crippen LogP contribution in [0.15, 0.2) is 23.3 Å². The summed E-state index contributed by atoms with van der Waals surface area (Å²) in [5.41, 5.74) is 9.36. The maximum absolute atomic E-state index is 12.0. The first kappa shape index (κ1) is 14.4. The molecule has 1 amide bonds. The number of amides is 1. The van der Waals surface area contributed by atoms with Gasteiger partial charge < -0.3 is 4.90 Å². The van der Waals surface area contributed by atoms with Crippen molar-refractivity contribution in [2.45, 2.75) is 13.3 Å². The summed E-state index contributed by atoms with van der Waals surface area (Å²) < 4.78 is 0. The Labute approximate surface area is 121 Å². The third-order valence-corrected chi connectivity index (χ3v) is 3.57.